The smallest absolute Gasteiger partial charge is 0.321 e. The lowest BCUT2D eigenvalue weighted by Gasteiger charge is -2.32. The number of carbonyl (C=O) groups excluding carboxylic acids is 2. The maximum atomic E-state index is 13.4. The number of hydrogen-bond donors (Lipinski definition) is 2. The van der Waals surface area contributed by atoms with Crippen molar-refractivity contribution in [2.24, 2.45) is 0 Å². The van der Waals surface area contributed by atoms with Crippen molar-refractivity contribution in [1.82, 2.24) is 25.0 Å². The molecule has 1 aliphatic heterocycles. The number of likely N-dealkylation sites (tertiary alicyclic amines) is 1. The van der Waals surface area contributed by atoms with E-state index in [1.54, 1.807) is 11.1 Å². The van der Waals surface area contributed by atoms with Gasteiger partial charge >= 0.3 is 6.03 Å². The summed E-state index contributed by atoms with van der Waals surface area (Å²) in [7, 11) is 0. The average molecular weight is 469 g/mol. The van der Waals surface area contributed by atoms with Crippen LogP contribution in [0.4, 0.5) is 10.5 Å². The van der Waals surface area contributed by atoms with Crippen LogP contribution in [-0.4, -0.2) is 50.7 Å². The van der Waals surface area contributed by atoms with E-state index < -0.39 is 0 Å². The van der Waals surface area contributed by atoms with Crippen molar-refractivity contribution in [3.8, 4) is 11.3 Å². The second-order valence-corrected chi connectivity index (χ2v) is 8.65. The first-order chi connectivity index (χ1) is 17.1. The molecule has 0 saturated carbocycles. The number of nitrogens with zero attached hydrogens (tertiary/aromatic N) is 4. The number of aryl methyl sites for hydroxylation is 1. The maximum Gasteiger partial charge on any atom is 0.321 e. The van der Waals surface area contributed by atoms with Crippen LogP contribution in [0.3, 0.4) is 0 Å². The molecule has 0 radical (unpaired) electrons. The maximum absolute atomic E-state index is 13.4. The van der Waals surface area contributed by atoms with Gasteiger partial charge in [0.15, 0.2) is 5.65 Å². The number of rotatable bonds is 5. The Morgan fingerprint density at radius 2 is 1.69 bits per heavy atom. The normalized spacial score (nSPS) is 14.1. The largest absolute Gasteiger partial charge is 0.349 e. The Bertz CT molecular complexity index is 1330. The molecule has 2 N–H and O–H groups in total. The van der Waals surface area contributed by atoms with Gasteiger partial charge in [0.25, 0.3) is 5.91 Å². The predicted octanol–water partition coefficient (Wildman–Crippen LogP) is 4.54. The molecule has 0 bridgehead atoms. The van der Waals surface area contributed by atoms with Gasteiger partial charge in [0.2, 0.25) is 0 Å². The van der Waals surface area contributed by atoms with E-state index in [4.69, 9.17) is 4.98 Å². The van der Waals surface area contributed by atoms with E-state index in [2.05, 4.69) is 15.7 Å². The Kier molecular flexibility index (Phi) is 6.43. The third-order valence-corrected chi connectivity index (χ3v) is 6.37. The van der Waals surface area contributed by atoms with Crippen molar-refractivity contribution < 1.29 is 9.59 Å². The van der Waals surface area contributed by atoms with Gasteiger partial charge in [-0.2, -0.15) is 5.10 Å². The highest BCUT2D eigenvalue weighted by atomic mass is 16.2. The van der Waals surface area contributed by atoms with Crippen LogP contribution in [0.1, 0.15) is 30.1 Å². The van der Waals surface area contributed by atoms with Gasteiger partial charge in [-0.3, -0.25) is 4.79 Å². The van der Waals surface area contributed by atoms with Crippen LogP contribution in [0.2, 0.25) is 0 Å². The summed E-state index contributed by atoms with van der Waals surface area (Å²) in [5.74, 6) is -0.141. The molecule has 0 aliphatic carbocycles. The molecule has 1 aliphatic rings. The Balaban J connectivity index is 1.29. The molecule has 3 amide bonds. The van der Waals surface area contributed by atoms with Crippen molar-refractivity contribution in [2.45, 2.75) is 32.4 Å². The molecule has 2 aromatic carbocycles. The second kappa shape index (κ2) is 9.97. The monoisotopic (exact) mass is 468 g/mol. The number of anilines is 1. The lowest BCUT2D eigenvalue weighted by molar-refractivity contribution is 0.0921. The zero-order chi connectivity index (χ0) is 24.2. The van der Waals surface area contributed by atoms with Crippen molar-refractivity contribution >= 4 is 28.7 Å². The number of amides is 3. The Morgan fingerprint density at radius 1 is 1.00 bits per heavy atom. The van der Waals surface area contributed by atoms with E-state index in [1.165, 1.54) is 0 Å². The molecule has 8 nitrogen and oxygen atoms in total. The summed E-state index contributed by atoms with van der Waals surface area (Å²) in [6, 6.07) is 21.0. The summed E-state index contributed by atoms with van der Waals surface area (Å²) in [4.78, 5) is 32.6. The molecule has 35 heavy (non-hydrogen) atoms. The van der Waals surface area contributed by atoms with Crippen LogP contribution in [0.15, 0.2) is 72.9 Å². The van der Waals surface area contributed by atoms with E-state index in [9.17, 15) is 9.59 Å². The third-order valence-electron chi connectivity index (χ3n) is 6.37. The first-order valence-corrected chi connectivity index (χ1v) is 12.0. The van der Waals surface area contributed by atoms with Crippen LogP contribution in [0, 0.1) is 0 Å². The molecule has 0 atom stereocenters. The van der Waals surface area contributed by atoms with Crippen molar-refractivity contribution in [1.29, 1.82) is 0 Å². The van der Waals surface area contributed by atoms with E-state index in [0.717, 1.165) is 22.3 Å². The van der Waals surface area contributed by atoms with Crippen LogP contribution >= 0.6 is 0 Å². The molecule has 5 rings (SSSR count). The standard InChI is InChI=1S/C27H28N6O2/c1-2-33-25-23(18-28-33)22(17-24(31-25)19-9-5-3-6-10-19)26(34)29-21-13-15-32(16-14-21)27(35)30-20-11-7-4-8-12-20/h3-12,17-18,21H,2,13-16H2,1H3,(H,29,34)(H,30,35). The summed E-state index contributed by atoms with van der Waals surface area (Å²) in [6.07, 6.45) is 3.11. The number of urea groups is 1. The summed E-state index contributed by atoms with van der Waals surface area (Å²) >= 11 is 0. The quantitative estimate of drug-likeness (QED) is 0.450. The minimum atomic E-state index is -0.141. The Labute approximate surface area is 204 Å². The lowest BCUT2D eigenvalue weighted by atomic mass is 10.0. The third kappa shape index (κ3) is 4.87. The summed E-state index contributed by atoms with van der Waals surface area (Å²) in [5.41, 5.74) is 3.73. The molecular formula is C27H28N6O2. The fourth-order valence-corrected chi connectivity index (χ4v) is 4.44. The summed E-state index contributed by atoms with van der Waals surface area (Å²) in [5, 5.41) is 11.3. The average Bonchev–Trinajstić information content (AvgIpc) is 3.32. The summed E-state index contributed by atoms with van der Waals surface area (Å²) < 4.78 is 1.81. The first kappa shape index (κ1) is 22.6. The number of para-hydroxylation sites is 1. The van der Waals surface area contributed by atoms with Crippen LogP contribution in [0.25, 0.3) is 22.3 Å². The van der Waals surface area contributed by atoms with Gasteiger partial charge in [0.1, 0.15) is 0 Å². The predicted molar refractivity (Wildman–Crippen MR) is 136 cm³/mol. The number of fused-ring (bicyclic) bond motifs is 1. The zero-order valence-corrected chi connectivity index (χ0v) is 19.6. The van der Waals surface area contributed by atoms with E-state index in [0.29, 0.717) is 43.7 Å². The van der Waals surface area contributed by atoms with Gasteiger partial charge in [0.05, 0.1) is 22.8 Å². The fraction of sp³-hybridized carbons (Fsp3) is 0.259. The number of nitrogens with one attached hydrogen (secondary N) is 2. The molecule has 2 aromatic heterocycles. The molecule has 0 spiro atoms. The number of hydrogen-bond acceptors (Lipinski definition) is 4. The molecular weight excluding hydrogens is 440 g/mol. The van der Waals surface area contributed by atoms with Crippen molar-refractivity contribution in [3.63, 3.8) is 0 Å². The molecule has 3 heterocycles. The van der Waals surface area contributed by atoms with Crippen molar-refractivity contribution in [2.75, 3.05) is 18.4 Å². The SMILES string of the molecule is CCn1ncc2c(C(=O)NC3CCN(C(=O)Nc4ccccc4)CC3)cc(-c3ccccc3)nc21. The van der Waals surface area contributed by atoms with Crippen LogP contribution < -0.4 is 10.6 Å². The minimum Gasteiger partial charge on any atom is -0.349 e. The highest BCUT2D eigenvalue weighted by Crippen LogP contribution is 2.25. The van der Waals surface area contributed by atoms with E-state index in [1.807, 2.05) is 78.3 Å². The Morgan fingerprint density at radius 3 is 2.37 bits per heavy atom. The molecule has 8 heteroatoms. The number of piperidine rings is 1. The number of benzene rings is 2. The minimum absolute atomic E-state index is 0.00659. The van der Waals surface area contributed by atoms with E-state index >= 15 is 0 Å². The molecule has 178 valence electrons. The van der Waals surface area contributed by atoms with Gasteiger partial charge in [-0.15, -0.1) is 0 Å². The number of carbonyl (C=O) groups is 2. The van der Waals surface area contributed by atoms with Crippen LogP contribution in [0.5, 0.6) is 0 Å². The highest BCUT2D eigenvalue weighted by molar-refractivity contribution is 6.06. The molecule has 0 unspecified atom stereocenters. The van der Waals surface area contributed by atoms with E-state index in [-0.39, 0.29) is 18.0 Å². The van der Waals surface area contributed by atoms with Gasteiger partial charge in [-0.25, -0.2) is 14.5 Å². The fourth-order valence-electron chi connectivity index (χ4n) is 4.44. The van der Waals surface area contributed by atoms with Gasteiger partial charge < -0.3 is 15.5 Å². The van der Waals surface area contributed by atoms with Gasteiger partial charge in [0, 0.05) is 36.9 Å². The number of aromatic nitrogens is 3. The topological polar surface area (TPSA) is 92.2 Å². The molecule has 1 saturated heterocycles. The van der Waals surface area contributed by atoms with Gasteiger partial charge in [-0.1, -0.05) is 48.5 Å². The van der Waals surface area contributed by atoms with Crippen molar-refractivity contribution in [3.05, 3.63) is 78.5 Å². The Hall–Kier alpha value is -4.20. The second-order valence-electron chi connectivity index (χ2n) is 8.65. The lowest BCUT2D eigenvalue weighted by Crippen LogP contribution is -2.47. The molecule has 4 aromatic rings. The zero-order valence-electron chi connectivity index (χ0n) is 19.6. The van der Waals surface area contributed by atoms with Gasteiger partial charge in [-0.05, 0) is 38.0 Å². The molecule has 1 fully saturated rings. The van der Waals surface area contributed by atoms with Crippen LogP contribution in [-0.2, 0) is 6.54 Å². The summed E-state index contributed by atoms with van der Waals surface area (Å²) in [6.45, 7) is 3.83. The number of pyridine rings is 1. The highest BCUT2D eigenvalue weighted by Gasteiger charge is 2.25. The first-order valence-electron chi connectivity index (χ1n) is 12.0.